The van der Waals surface area contributed by atoms with E-state index in [-0.39, 0.29) is 41.6 Å². The number of aromatic nitrogens is 2. The number of amides is 1. The number of nitrogens with one attached hydrogen (secondary N) is 1. The summed E-state index contributed by atoms with van der Waals surface area (Å²) in [5.74, 6) is 0.0506. The zero-order chi connectivity index (χ0) is 22.1. The first-order valence-corrected chi connectivity index (χ1v) is 11.5. The van der Waals surface area contributed by atoms with E-state index in [2.05, 4.69) is 48.5 Å². The first-order chi connectivity index (χ1) is 14.8. The van der Waals surface area contributed by atoms with Crippen LogP contribution >= 0.6 is 11.6 Å². The van der Waals surface area contributed by atoms with Gasteiger partial charge in [-0.3, -0.25) is 9.48 Å². The Balaban J connectivity index is 1.51. The second-order valence-electron chi connectivity index (χ2n) is 9.71. The standard InChI is InChI=1S/C24H32ClN3O3/c1-23(2)12-20(29)19-8-10-24(11-9-21(19)31-23,17-6-4-3-5-7-17)16-26-22(30)15-28-14-18(25)13-27-28/h3-7,13-14,19-21,29H,8-12,15-16H2,1-2H3,(H,26,30)/t19-,20+,21+,24+/m1/s1. The summed E-state index contributed by atoms with van der Waals surface area (Å²) < 4.78 is 7.94. The number of ether oxygens (including phenoxy) is 1. The number of aliphatic hydroxyl groups excluding tert-OH is 1. The summed E-state index contributed by atoms with van der Waals surface area (Å²) in [5.41, 5.74) is 0.730. The van der Waals surface area contributed by atoms with Gasteiger partial charge in [0.25, 0.3) is 0 Å². The number of hydrogen-bond acceptors (Lipinski definition) is 4. The van der Waals surface area contributed by atoms with Crippen molar-refractivity contribution in [1.29, 1.82) is 0 Å². The molecule has 1 aromatic carbocycles. The van der Waals surface area contributed by atoms with Crippen molar-refractivity contribution >= 4 is 17.5 Å². The lowest BCUT2D eigenvalue weighted by molar-refractivity contribution is -0.178. The van der Waals surface area contributed by atoms with Gasteiger partial charge in [-0.05, 0) is 45.1 Å². The Morgan fingerprint density at radius 2 is 2.03 bits per heavy atom. The summed E-state index contributed by atoms with van der Waals surface area (Å²) in [7, 11) is 0. The summed E-state index contributed by atoms with van der Waals surface area (Å²) >= 11 is 5.91. The fraction of sp³-hybridized carbons (Fsp3) is 0.583. The van der Waals surface area contributed by atoms with Gasteiger partial charge in [-0.1, -0.05) is 41.9 Å². The number of aliphatic hydroxyl groups is 1. The topological polar surface area (TPSA) is 76.4 Å². The largest absolute Gasteiger partial charge is 0.393 e. The molecule has 0 radical (unpaired) electrons. The lowest BCUT2D eigenvalue weighted by Crippen LogP contribution is -2.48. The van der Waals surface area contributed by atoms with Crippen LogP contribution in [0.1, 0.15) is 51.5 Å². The predicted molar refractivity (Wildman–Crippen MR) is 120 cm³/mol. The average molecular weight is 446 g/mol. The van der Waals surface area contributed by atoms with E-state index in [4.69, 9.17) is 16.3 Å². The van der Waals surface area contributed by atoms with Crippen molar-refractivity contribution in [1.82, 2.24) is 15.1 Å². The van der Waals surface area contributed by atoms with Crippen molar-refractivity contribution in [2.24, 2.45) is 5.92 Å². The van der Waals surface area contributed by atoms with Gasteiger partial charge in [-0.2, -0.15) is 5.10 Å². The van der Waals surface area contributed by atoms with Gasteiger partial charge in [0, 0.05) is 30.5 Å². The van der Waals surface area contributed by atoms with Crippen molar-refractivity contribution in [2.75, 3.05) is 6.54 Å². The normalized spacial score (nSPS) is 30.3. The molecule has 1 saturated heterocycles. The van der Waals surface area contributed by atoms with Gasteiger partial charge in [-0.15, -0.1) is 0 Å². The number of nitrogens with zero attached hydrogens (tertiary/aromatic N) is 2. The van der Waals surface area contributed by atoms with Gasteiger partial charge in [0.15, 0.2) is 0 Å². The number of fused-ring (bicyclic) bond motifs is 1. The molecule has 1 aliphatic heterocycles. The summed E-state index contributed by atoms with van der Waals surface area (Å²) in [6.07, 6.45) is 7.07. The molecule has 2 aliphatic rings. The van der Waals surface area contributed by atoms with Gasteiger partial charge in [0.05, 0.1) is 29.0 Å². The molecule has 4 rings (SSSR count). The van der Waals surface area contributed by atoms with Crippen LogP contribution in [0.4, 0.5) is 0 Å². The molecule has 0 unspecified atom stereocenters. The monoisotopic (exact) mass is 445 g/mol. The van der Waals surface area contributed by atoms with Crippen molar-refractivity contribution in [3.8, 4) is 0 Å². The van der Waals surface area contributed by atoms with E-state index in [0.29, 0.717) is 18.0 Å². The summed E-state index contributed by atoms with van der Waals surface area (Å²) in [6, 6.07) is 10.4. The number of rotatable bonds is 5. The number of benzene rings is 1. The zero-order valence-corrected chi connectivity index (χ0v) is 19.0. The van der Waals surface area contributed by atoms with Crippen LogP contribution < -0.4 is 5.32 Å². The summed E-state index contributed by atoms with van der Waals surface area (Å²) in [4.78, 5) is 12.6. The first kappa shape index (κ1) is 22.3. The maximum atomic E-state index is 12.6. The molecule has 1 saturated carbocycles. The van der Waals surface area contributed by atoms with Gasteiger partial charge < -0.3 is 15.2 Å². The number of hydrogen-bond donors (Lipinski definition) is 2. The Morgan fingerprint density at radius 1 is 1.29 bits per heavy atom. The van der Waals surface area contributed by atoms with E-state index in [1.807, 2.05) is 6.07 Å². The lowest BCUT2D eigenvalue weighted by Gasteiger charge is -2.43. The smallest absolute Gasteiger partial charge is 0.241 e. The molecule has 2 heterocycles. The van der Waals surface area contributed by atoms with Crippen LogP contribution in [-0.4, -0.2) is 45.1 Å². The Labute approximate surface area is 188 Å². The van der Waals surface area contributed by atoms with Crippen molar-refractivity contribution < 1.29 is 14.6 Å². The van der Waals surface area contributed by atoms with E-state index < -0.39 is 0 Å². The molecule has 31 heavy (non-hydrogen) atoms. The quantitative estimate of drug-likeness (QED) is 0.735. The Bertz CT molecular complexity index is 900. The molecule has 0 spiro atoms. The van der Waals surface area contributed by atoms with Crippen molar-refractivity contribution in [3.63, 3.8) is 0 Å². The molecular weight excluding hydrogens is 414 g/mol. The molecule has 4 atom stereocenters. The molecule has 6 nitrogen and oxygen atoms in total. The van der Waals surface area contributed by atoms with E-state index in [1.54, 1.807) is 10.9 Å². The SMILES string of the molecule is CC1(C)C[C@H](O)[C@H]2CC[C@](CNC(=O)Cn3cc(Cl)cn3)(c3ccccc3)CC[C@@H]2O1. The van der Waals surface area contributed by atoms with E-state index >= 15 is 0 Å². The van der Waals surface area contributed by atoms with E-state index in [0.717, 1.165) is 25.7 Å². The van der Waals surface area contributed by atoms with Crippen LogP contribution in [0.3, 0.4) is 0 Å². The summed E-state index contributed by atoms with van der Waals surface area (Å²) in [6.45, 7) is 4.80. The molecule has 1 aliphatic carbocycles. The number of halogens is 1. The highest BCUT2D eigenvalue weighted by molar-refractivity contribution is 6.30. The highest BCUT2D eigenvalue weighted by Crippen LogP contribution is 2.45. The summed E-state index contributed by atoms with van der Waals surface area (Å²) in [5, 5.41) is 18.6. The minimum absolute atomic E-state index is 0.0475. The fourth-order valence-corrected chi connectivity index (χ4v) is 5.50. The van der Waals surface area contributed by atoms with Gasteiger partial charge in [0.2, 0.25) is 5.91 Å². The third-order valence-corrected chi connectivity index (χ3v) is 7.12. The van der Waals surface area contributed by atoms with Gasteiger partial charge in [0.1, 0.15) is 6.54 Å². The molecule has 1 amide bonds. The fourth-order valence-electron chi connectivity index (χ4n) is 5.34. The Hall–Kier alpha value is -1.89. The van der Waals surface area contributed by atoms with Crippen LogP contribution in [-0.2, 0) is 21.5 Å². The molecule has 2 aromatic rings. The van der Waals surface area contributed by atoms with E-state index in [9.17, 15) is 9.90 Å². The molecule has 0 bridgehead atoms. The third-order valence-electron chi connectivity index (χ3n) is 6.92. The van der Waals surface area contributed by atoms with Crippen molar-refractivity contribution in [2.45, 2.75) is 75.7 Å². The second-order valence-corrected chi connectivity index (χ2v) is 10.1. The number of carbonyl (C=O) groups excluding carboxylic acids is 1. The molecule has 2 N–H and O–H groups in total. The molecule has 1 aromatic heterocycles. The van der Waals surface area contributed by atoms with Gasteiger partial charge in [-0.25, -0.2) is 0 Å². The maximum absolute atomic E-state index is 12.6. The minimum Gasteiger partial charge on any atom is -0.393 e. The third kappa shape index (κ3) is 5.13. The minimum atomic E-state index is -0.348. The number of carbonyl (C=O) groups is 1. The van der Waals surface area contributed by atoms with Crippen LogP contribution in [0, 0.1) is 5.92 Å². The highest BCUT2D eigenvalue weighted by Gasteiger charge is 2.46. The van der Waals surface area contributed by atoms with Gasteiger partial charge >= 0.3 is 0 Å². The Morgan fingerprint density at radius 3 is 2.74 bits per heavy atom. The van der Waals surface area contributed by atoms with E-state index in [1.165, 1.54) is 11.8 Å². The molecule has 7 heteroatoms. The molecule has 2 fully saturated rings. The van der Waals surface area contributed by atoms with Crippen LogP contribution in [0.2, 0.25) is 5.02 Å². The Kier molecular flexibility index (Phi) is 6.42. The zero-order valence-electron chi connectivity index (χ0n) is 18.3. The maximum Gasteiger partial charge on any atom is 0.241 e. The lowest BCUT2D eigenvalue weighted by atomic mass is 9.73. The molecule has 168 valence electrons. The first-order valence-electron chi connectivity index (χ1n) is 11.1. The average Bonchev–Trinajstić information content (AvgIpc) is 3.03. The van der Waals surface area contributed by atoms with Crippen molar-refractivity contribution in [3.05, 3.63) is 53.3 Å². The second kappa shape index (κ2) is 8.93. The highest BCUT2D eigenvalue weighted by atomic mass is 35.5. The predicted octanol–water partition coefficient (Wildman–Crippen LogP) is 3.71. The van der Waals surface area contributed by atoms with Crippen LogP contribution in [0.15, 0.2) is 42.7 Å². The van der Waals surface area contributed by atoms with Crippen LogP contribution in [0.25, 0.3) is 0 Å². The van der Waals surface area contributed by atoms with Crippen LogP contribution in [0.5, 0.6) is 0 Å². The molecular formula is C24H32ClN3O3.